The normalized spacial score (nSPS) is 9.27. The molecule has 0 amide bonds. The minimum atomic E-state index is -0.00898. The smallest absolute Gasteiger partial charge is 0.183 e. The number of ketones is 1. The number of hydrogen-bond donors (Lipinski definition) is 0. The second-order valence-electron chi connectivity index (χ2n) is 2.73. The van der Waals surface area contributed by atoms with E-state index in [2.05, 4.69) is 6.58 Å². The van der Waals surface area contributed by atoms with Gasteiger partial charge in [0.2, 0.25) is 0 Å². The Balaban J connectivity index is -0.0000000833. The van der Waals surface area contributed by atoms with Crippen molar-refractivity contribution in [2.45, 2.75) is 63.0 Å². The summed E-state index contributed by atoms with van der Waals surface area (Å²) in [6.45, 7) is 9.37. The second-order valence-corrected chi connectivity index (χ2v) is 2.73. The van der Waals surface area contributed by atoms with Crippen LogP contribution in [0.2, 0.25) is 0 Å². The molecule has 0 heterocycles. The molecule has 0 aliphatic rings. The molecule has 0 N–H and O–H groups in total. The molecule has 0 spiro atoms. The number of ether oxygens (including phenoxy) is 1. The van der Waals surface area contributed by atoms with Gasteiger partial charge in [-0.3, -0.25) is 4.79 Å². The third-order valence-electron chi connectivity index (χ3n) is 1.55. The predicted octanol–water partition coefficient (Wildman–Crippen LogP) is 4.49. The van der Waals surface area contributed by atoms with Gasteiger partial charge in [-0.15, -0.1) is 0 Å². The van der Waals surface area contributed by atoms with Gasteiger partial charge in [0, 0.05) is 0 Å². The van der Waals surface area contributed by atoms with Gasteiger partial charge in [0.25, 0.3) is 0 Å². The summed E-state index contributed by atoms with van der Waals surface area (Å²) in [5.41, 5.74) is 0.563. The molecule has 0 aromatic heterocycles. The molecule has 96 valence electrons. The van der Waals surface area contributed by atoms with Gasteiger partial charge < -0.3 is 4.74 Å². The van der Waals surface area contributed by atoms with Crippen molar-refractivity contribution in [3.8, 4) is 0 Å². The predicted molar refractivity (Wildman–Crippen MR) is 72.5 cm³/mol. The minimum Gasteiger partial charge on any atom is -0.370 e. The zero-order valence-electron chi connectivity index (χ0n) is 7.52. The number of Topliss-reactive ketones (excluding diaryl/α,β-unsaturated/α-hetero) is 1. The summed E-state index contributed by atoms with van der Waals surface area (Å²) in [5, 5.41) is 0. The topological polar surface area (TPSA) is 26.3 Å². The zero-order valence-corrected chi connectivity index (χ0v) is 7.52. The molecule has 0 aromatic rings. The first-order valence-corrected chi connectivity index (χ1v) is 3.88. The number of hydrogen-bond acceptors (Lipinski definition) is 2. The van der Waals surface area contributed by atoms with Crippen LogP contribution in [0.1, 0.15) is 56.9 Å². The van der Waals surface area contributed by atoms with Gasteiger partial charge in [-0.2, -0.15) is 0 Å². The third-order valence-corrected chi connectivity index (χ3v) is 1.55. The average molecular weight is 220 g/mol. The van der Waals surface area contributed by atoms with Crippen molar-refractivity contribution in [2.75, 3.05) is 6.61 Å². The highest BCUT2D eigenvalue weighted by atomic mass is 16.5. The molecule has 0 radical (unpaired) electrons. The van der Waals surface area contributed by atoms with E-state index in [-0.39, 0.29) is 48.2 Å². The number of carbonyl (C=O) groups excluding carboxylic acids is 1. The molecule has 0 aliphatic heterocycles. The van der Waals surface area contributed by atoms with E-state index in [1.165, 1.54) is 0 Å². The van der Waals surface area contributed by atoms with Crippen molar-refractivity contribution in [3.63, 3.8) is 0 Å². The van der Waals surface area contributed by atoms with E-state index in [1.54, 1.807) is 6.92 Å². The highest BCUT2D eigenvalue weighted by Gasteiger charge is 2.04. The van der Waals surface area contributed by atoms with E-state index in [0.29, 0.717) is 5.57 Å². The van der Waals surface area contributed by atoms with E-state index in [4.69, 9.17) is 4.74 Å². The Hall–Kier alpha value is -0.630. The van der Waals surface area contributed by atoms with Crippen molar-refractivity contribution < 1.29 is 9.53 Å². The maximum atomic E-state index is 10.9. The van der Waals surface area contributed by atoms with Crippen LogP contribution >= 0.6 is 0 Å². The van der Waals surface area contributed by atoms with Gasteiger partial charge in [-0.25, -0.2) is 0 Å². The second kappa shape index (κ2) is 15.8. The zero-order chi connectivity index (χ0) is 8.85. The fraction of sp³-hybridized carbons (Fsp3) is 0.769. The maximum absolute atomic E-state index is 10.9. The highest BCUT2D eigenvalue weighted by molar-refractivity contribution is 5.95. The van der Waals surface area contributed by atoms with Gasteiger partial charge >= 0.3 is 0 Å². The van der Waals surface area contributed by atoms with Crippen LogP contribution in [0, 0.1) is 0 Å². The van der Waals surface area contributed by atoms with E-state index in [9.17, 15) is 4.79 Å². The van der Waals surface area contributed by atoms with Crippen molar-refractivity contribution in [2.24, 2.45) is 0 Å². The van der Waals surface area contributed by atoms with Gasteiger partial charge in [-0.05, 0) is 25.8 Å². The lowest BCUT2D eigenvalue weighted by Gasteiger charge is -2.08. The van der Waals surface area contributed by atoms with E-state index >= 15 is 0 Å². The summed E-state index contributed by atoms with van der Waals surface area (Å²) in [6.07, 6.45) is 1.10. The molecule has 0 aliphatic carbocycles. The van der Waals surface area contributed by atoms with Gasteiger partial charge in [0.05, 0.1) is 6.10 Å². The molecule has 0 saturated heterocycles. The molecule has 1 unspecified atom stereocenters. The van der Waals surface area contributed by atoms with Crippen LogP contribution in [0.4, 0.5) is 0 Å². The first-order chi connectivity index (χ1) is 5.07. The maximum Gasteiger partial charge on any atom is 0.183 e. The summed E-state index contributed by atoms with van der Waals surface area (Å²) < 4.78 is 5.20. The van der Waals surface area contributed by atoms with Crippen molar-refractivity contribution in [3.05, 3.63) is 12.2 Å². The standard InChI is InChI=1S/C9H16O2.4CH4/c1-5-8(4)11-6-9(10)7(2)3;;;;/h8H,2,5-6H2,1,3-4H3;4*1H4. The molecule has 0 bridgehead atoms. The summed E-state index contributed by atoms with van der Waals surface area (Å²) in [7, 11) is 0. The average Bonchev–Trinajstić information content (AvgIpc) is 1.99. The lowest BCUT2D eigenvalue weighted by Crippen LogP contribution is -2.15. The SMILES string of the molecule is C.C.C.C.C=C(C)C(=O)COC(C)CC. The van der Waals surface area contributed by atoms with Gasteiger partial charge in [0.1, 0.15) is 6.61 Å². The van der Waals surface area contributed by atoms with Gasteiger partial charge in [-0.1, -0.05) is 43.2 Å². The Labute approximate surface area is 97.7 Å². The van der Waals surface area contributed by atoms with Crippen molar-refractivity contribution >= 4 is 5.78 Å². The van der Waals surface area contributed by atoms with E-state index in [0.717, 1.165) is 6.42 Å². The van der Waals surface area contributed by atoms with Crippen LogP contribution in [0.15, 0.2) is 12.2 Å². The lowest BCUT2D eigenvalue weighted by molar-refractivity contribution is -0.121. The van der Waals surface area contributed by atoms with Crippen LogP contribution in [0.3, 0.4) is 0 Å². The Morgan fingerprint density at radius 3 is 1.93 bits per heavy atom. The fourth-order valence-electron chi connectivity index (χ4n) is 0.459. The van der Waals surface area contributed by atoms with Crippen LogP contribution in [-0.2, 0) is 9.53 Å². The molecule has 0 saturated carbocycles. The first kappa shape index (κ1) is 29.3. The third kappa shape index (κ3) is 16.1. The first-order valence-electron chi connectivity index (χ1n) is 3.88. The molecule has 0 fully saturated rings. The number of carbonyl (C=O) groups is 1. The Morgan fingerprint density at radius 1 is 1.27 bits per heavy atom. The molecule has 15 heavy (non-hydrogen) atoms. The largest absolute Gasteiger partial charge is 0.370 e. The van der Waals surface area contributed by atoms with Gasteiger partial charge in [0.15, 0.2) is 5.78 Å². The summed E-state index contributed by atoms with van der Waals surface area (Å²) in [4.78, 5) is 10.9. The van der Waals surface area contributed by atoms with Crippen molar-refractivity contribution in [1.29, 1.82) is 0 Å². The van der Waals surface area contributed by atoms with Crippen LogP contribution in [0.25, 0.3) is 0 Å². The highest BCUT2D eigenvalue weighted by Crippen LogP contribution is 1.98. The van der Waals surface area contributed by atoms with E-state index < -0.39 is 0 Å². The molecular formula is C13H32O2. The molecular weight excluding hydrogens is 188 g/mol. The summed E-state index contributed by atoms with van der Waals surface area (Å²) >= 11 is 0. The quantitative estimate of drug-likeness (QED) is 0.638. The van der Waals surface area contributed by atoms with Crippen LogP contribution in [0.5, 0.6) is 0 Å². The lowest BCUT2D eigenvalue weighted by atomic mass is 10.2. The van der Waals surface area contributed by atoms with Crippen molar-refractivity contribution in [1.82, 2.24) is 0 Å². The molecule has 0 aromatic carbocycles. The molecule has 2 heteroatoms. The number of rotatable bonds is 5. The molecule has 2 nitrogen and oxygen atoms in total. The van der Waals surface area contributed by atoms with Crippen LogP contribution < -0.4 is 0 Å². The Morgan fingerprint density at radius 2 is 1.67 bits per heavy atom. The summed E-state index contributed by atoms with van der Waals surface area (Å²) in [5.74, 6) is -0.00898. The molecule has 1 atom stereocenters. The fourth-order valence-corrected chi connectivity index (χ4v) is 0.459. The monoisotopic (exact) mass is 220 g/mol. The summed E-state index contributed by atoms with van der Waals surface area (Å²) in [6, 6.07) is 0. The van der Waals surface area contributed by atoms with Crippen LogP contribution in [-0.4, -0.2) is 18.5 Å². The Kier molecular flexibility index (Phi) is 30.9. The molecule has 0 rings (SSSR count). The minimum absolute atomic E-state index is 0. The Bertz CT molecular complexity index is 151. The van der Waals surface area contributed by atoms with E-state index in [1.807, 2.05) is 13.8 Å².